The number of hydrogen-bond donors (Lipinski definition) is 3. The molecule has 11 heteroatoms. The smallest absolute Gasteiger partial charge is 0.317 e. The third-order valence-electron chi connectivity index (χ3n) is 6.54. The number of hydrogen-bond acceptors (Lipinski definition) is 5. The summed E-state index contributed by atoms with van der Waals surface area (Å²) >= 11 is 0. The lowest BCUT2D eigenvalue weighted by Crippen LogP contribution is -2.50. The zero-order chi connectivity index (χ0) is 23.7. The van der Waals surface area contributed by atoms with E-state index in [0.29, 0.717) is 48.9 Å². The number of nitrogens with zero attached hydrogens (tertiary/aromatic N) is 4. The lowest BCUT2D eigenvalue weighted by atomic mass is 9.91. The Bertz CT molecular complexity index is 1180. The van der Waals surface area contributed by atoms with E-state index in [0.717, 1.165) is 31.7 Å². The largest absolute Gasteiger partial charge is 0.365 e. The quantitative estimate of drug-likeness (QED) is 0.529. The predicted molar refractivity (Wildman–Crippen MR) is 121 cm³/mol. The summed E-state index contributed by atoms with van der Waals surface area (Å²) in [5.74, 6) is -0.767. The molecule has 1 aliphatic carbocycles. The number of nitrogens with one attached hydrogen (secondary N) is 3. The van der Waals surface area contributed by atoms with Crippen molar-refractivity contribution in [3.05, 3.63) is 36.3 Å². The van der Waals surface area contributed by atoms with Crippen LogP contribution in [0.2, 0.25) is 0 Å². The minimum atomic E-state index is -0.834. The van der Waals surface area contributed by atoms with Gasteiger partial charge in [0.2, 0.25) is 0 Å². The van der Waals surface area contributed by atoms with E-state index in [2.05, 4.69) is 30.6 Å². The molecule has 2 aliphatic rings. The molecule has 1 saturated heterocycles. The maximum Gasteiger partial charge on any atom is 0.317 e. The average Bonchev–Trinajstić information content (AvgIpc) is 3.24. The van der Waals surface area contributed by atoms with Crippen LogP contribution >= 0.6 is 0 Å². The Balaban J connectivity index is 1.26. The predicted octanol–water partition coefficient (Wildman–Crippen LogP) is 4.16. The first-order valence-corrected chi connectivity index (χ1v) is 11.6. The molecule has 0 unspecified atom stereocenters. The Morgan fingerprint density at radius 1 is 1.09 bits per heavy atom. The van der Waals surface area contributed by atoms with Crippen molar-refractivity contribution in [1.82, 2.24) is 30.2 Å². The van der Waals surface area contributed by atoms with E-state index in [1.165, 1.54) is 6.07 Å². The van der Waals surface area contributed by atoms with Crippen molar-refractivity contribution in [2.24, 2.45) is 0 Å². The molecule has 0 bridgehead atoms. The maximum absolute atomic E-state index is 14.6. The number of piperidine rings is 1. The van der Waals surface area contributed by atoms with E-state index in [-0.39, 0.29) is 29.8 Å². The van der Waals surface area contributed by atoms with E-state index >= 15 is 0 Å². The van der Waals surface area contributed by atoms with E-state index in [1.807, 2.05) is 0 Å². The van der Waals surface area contributed by atoms with E-state index in [4.69, 9.17) is 0 Å². The minimum absolute atomic E-state index is 0.0608. The number of alkyl halides is 1. The Hall–Kier alpha value is -3.37. The summed E-state index contributed by atoms with van der Waals surface area (Å²) < 4.78 is 41.6. The number of H-pyrrole nitrogens is 1. The molecule has 1 aliphatic heterocycles. The number of aromatic nitrogens is 4. The highest BCUT2D eigenvalue weighted by atomic mass is 19.1. The van der Waals surface area contributed by atoms with Gasteiger partial charge in [-0.25, -0.2) is 32.9 Å². The average molecular weight is 474 g/mol. The summed E-state index contributed by atoms with van der Waals surface area (Å²) in [6, 6.07) is 1.01. The summed E-state index contributed by atoms with van der Waals surface area (Å²) in [6.45, 7) is 0.840. The van der Waals surface area contributed by atoms with E-state index in [9.17, 15) is 18.0 Å². The zero-order valence-electron chi connectivity index (χ0n) is 18.5. The third-order valence-corrected chi connectivity index (χ3v) is 6.54. The van der Waals surface area contributed by atoms with Gasteiger partial charge in [-0.1, -0.05) is 0 Å². The van der Waals surface area contributed by atoms with Gasteiger partial charge in [-0.2, -0.15) is 0 Å². The van der Waals surface area contributed by atoms with Crippen molar-refractivity contribution in [3.63, 3.8) is 0 Å². The van der Waals surface area contributed by atoms with Crippen LogP contribution in [-0.2, 0) is 0 Å². The van der Waals surface area contributed by atoms with Crippen LogP contribution in [0.15, 0.2) is 24.7 Å². The fourth-order valence-electron chi connectivity index (χ4n) is 4.72. The van der Waals surface area contributed by atoms with Crippen molar-refractivity contribution >= 4 is 22.9 Å². The summed E-state index contributed by atoms with van der Waals surface area (Å²) in [5.41, 5.74) is 1.01. The van der Waals surface area contributed by atoms with Crippen LogP contribution in [0.1, 0.15) is 38.5 Å². The molecule has 0 spiro atoms. The number of halogens is 3. The molecule has 4 heterocycles. The second-order valence-corrected chi connectivity index (χ2v) is 8.96. The SMILES string of the molecule is O=C(N[C@@H]1CCC[C@H](Nc2nc(-c3c[nH]c4ncc(F)cc34)ncc2F)C1)N1CCC(F)CC1. The Morgan fingerprint density at radius 3 is 2.71 bits per heavy atom. The van der Waals surface area contributed by atoms with Gasteiger partial charge in [0, 0.05) is 42.3 Å². The highest BCUT2D eigenvalue weighted by Crippen LogP contribution is 2.28. The first-order valence-electron chi connectivity index (χ1n) is 11.6. The van der Waals surface area contributed by atoms with Crippen LogP contribution in [0.3, 0.4) is 0 Å². The molecule has 3 N–H and O–H groups in total. The summed E-state index contributed by atoms with van der Waals surface area (Å²) in [4.78, 5) is 29.6. The monoisotopic (exact) mass is 473 g/mol. The molecule has 2 atom stereocenters. The first kappa shape index (κ1) is 22.4. The van der Waals surface area contributed by atoms with Gasteiger partial charge < -0.3 is 20.5 Å². The standard InChI is InChI=1S/C23H26F3N7O/c24-13-4-6-33(7-5-13)23(34)31-16-3-1-2-15(9-16)30-22-19(26)12-29-21(32-22)18-11-28-20-17(18)8-14(25)10-27-20/h8,10-13,15-16H,1-7,9H2,(H,27,28)(H,31,34)(H,29,30,32)/t15-,16+/m0/s1. The number of urea groups is 1. The third kappa shape index (κ3) is 4.78. The Labute approximate surface area is 194 Å². The minimum Gasteiger partial charge on any atom is -0.365 e. The molecule has 1 saturated carbocycles. The fraction of sp³-hybridized carbons (Fsp3) is 0.478. The number of fused-ring (bicyclic) bond motifs is 1. The molecule has 3 aromatic rings. The van der Waals surface area contributed by atoms with E-state index < -0.39 is 17.8 Å². The maximum atomic E-state index is 14.6. The summed E-state index contributed by atoms with van der Waals surface area (Å²) in [6.07, 6.45) is 6.85. The van der Waals surface area contributed by atoms with Crippen LogP contribution in [0, 0.1) is 11.6 Å². The van der Waals surface area contributed by atoms with E-state index in [1.54, 1.807) is 11.1 Å². The van der Waals surface area contributed by atoms with Gasteiger partial charge in [-0.15, -0.1) is 0 Å². The number of anilines is 1. The van der Waals surface area contributed by atoms with Crippen molar-refractivity contribution in [2.75, 3.05) is 18.4 Å². The molecule has 3 aromatic heterocycles. The van der Waals surface area contributed by atoms with Gasteiger partial charge in [-0.05, 0) is 44.6 Å². The Morgan fingerprint density at radius 2 is 1.88 bits per heavy atom. The van der Waals surface area contributed by atoms with Crippen LogP contribution in [0.25, 0.3) is 22.4 Å². The Kier molecular flexibility index (Phi) is 6.25. The number of pyridine rings is 1. The summed E-state index contributed by atoms with van der Waals surface area (Å²) in [7, 11) is 0. The summed E-state index contributed by atoms with van der Waals surface area (Å²) in [5, 5.41) is 6.71. The first-order chi connectivity index (χ1) is 16.5. The van der Waals surface area contributed by atoms with Gasteiger partial charge >= 0.3 is 6.03 Å². The van der Waals surface area contributed by atoms with Crippen LogP contribution in [0.5, 0.6) is 0 Å². The molecule has 2 fully saturated rings. The number of likely N-dealkylation sites (tertiary alicyclic amines) is 1. The number of aromatic amines is 1. The molecular formula is C23H26F3N7O. The highest BCUT2D eigenvalue weighted by molar-refractivity contribution is 5.91. The molecule has 0 radical (unpaired) electrons. The second kappa shape index (κ2) is 9.47. The van der Waals surface area contributed by atoms with Crippen LogP contribution in [-0.4, -0.2) is 62.2 Å². The molecule has 180 valence electrons. The number of rotatable bonds is 4. The van der Waals surface area contributed by atoms with Crippen molar-refractivity contribution in [3.8, 4) is 11.4 Å². The van der Waals surface area contributed by atoms with Crippen LogP contribution in [0.4, 0.5) is 23.8 Å². The van der Waals surface area contributed by atoms with Gasteiger partial charge in [0.15, 0.2) is 17.5 Å². The molecular weight excluding hydrogens is 447 g/mol. The zero-order valence-corrected chi connectivity index (χ0v) is 18.5. The fourth-order valence-corrected chi connectivity index (χ4v) is 4.72. The van der Waals surface area contributed by atoms with Gasteiger partial charge in [0.1, 0.15) is 17.6 Å². The lowest BCUT2D eigenvalue weighted by Gasteiger charge is -2.34. The molecule has 34 heavy (non-hydrogen) atoms. The molecule has 5 rings (SSSR count). The molecule has 2 amide bonds. The van der Waals surface area contributed by atoms with Gasteiger partial charge in [0.05, 0.1) is 12.4 Å². The van der Waals surface area contributed by atoms with Gasteiger partial charge in [-0.3, -0.25) is 0 Å². The normalized spacial score (nSPS) is 21.6. The highest BCUT2D eigenvalue weighted by Gasteiger charge is 2.28. The molecule has 8 nitrogen and oxygen atoms in total. The number of carbonyl (C=O) groups excluding carboxylic acids is 1. The number of carbonyl (C=O) groups is 1. The number of amides is 2. The van der Waals surface area contributed by atoms with Crippen LogP contribution < -0.4 is 10.6 Å². The lowest BCUT2D eigenvalue weighted by molar-refractivity contribution is 0.148. The second-order valence-electron chi connectivity index (χ2n) is 8.96. The van der Waals surface area contributed by atoms with Gasteiger partial charge in [0.25, 0.3) is 0 Å². The molecule has 0 aromatic carbocycles. The van der Waals surface area contributed by atoms with Crippen molar-refractivity contribution < 1.29 is 18.0 Å². The van der Waals surface area contributed by atoms with Crippen molar-refractivity contribution in [1.29, 1.82) is 0 Å². The van der Waals surface area contributed by atoms with Crippen molar-refractivity contribution in [2.45, 2.75) is 56.8 Å². The topological polar surface area (TPSA) is 98.8 Å².